The van der Waals surface area contributed by atoms with Gasteiger partial charge in [-0.2, -0.15) is 0 Å². The number of nitrogens with one attached hydrogen (secondary N) is 1. The van der Waals surface area contributed by atoms with E-state index < -0.39 is 0 Å². The zero-order chi connectivity index (χ0) is 12.0. The van der Waals surface area contributed by atoms with Crippen molar-refractivity contribution in [3.8, 4) is 5.75 Å². The summed E-state index contributed by atoms with van der Waals surface area (Å²) in [7, 11) is 0. The fourth-order valence-electron chi connectivity index (χ4n) is 2.21. The summed E-state index contributed by atoms with van der Waals surface area (Å²) in [5, 5.41) is 10.2. The average Bonchev–Trinajstić information content (AvgIpc) is 2.52. The number of aromatic amines is 1. The third-order valence-corrected chi connectivity index (χ3v) is 4.74. The summed E-state index contributed by atoms with van der Waals surface area (Å²) in [4.78, 5) is 14.6. The summed E-state index contributed by atoms with van der Waals surface area (Å²) in [6.45, 7) is 0.492. The lowest BCUT2D eigenvalue weighted by molar-refractivity contribution is 0.275. The molecule has 0 saturated heterocycles. The highest BCUT2D eigenvalue weighted by molar-refractivity contribution is 9.11. The molecular formula is C11H10BrNO3S. The maximum absolute atomic E-state index is 11.9. The summed E-state index contributed by atoms with van der Waals surface area (Å²) < 4.78 is 7.19. The van der Waals surface area contributed by atoms with E-state index >= 15 is 0 Å². The molecule has 17 heavy (non-hydrogen) atoms. The Labute approximate surface area is 109 Å². The predicted molar refractivity (Wildman–Crippen MR) is 69.9 cm³/mol. The molecule has 4 nitrogen and oxygen atoms in total. The lowest BCUT2D eigenvalue weighted by atomic mass is 10.0. The number of ether oxygens (including phenoxy) is 1. The van der Waals surface area contributed by atoms with E-state index in [2.05, 4.69) is 20.9 Å². The summed E-state index contributed by atoms with van der Waals surface area (Å²) >= 11 is 4.81. The summed E-state index contributed by atoms with van der Waals surface area (Å²) in [6, 6.07) is 0. The van der Waals surface area contributed by atoms with Gasteiger partial charge in [-0.3, -0.25) is 4.79 Å². The van der Waals surface area contributed by atoms with Gasteiger partial charge in [0.25, 0.3) is 5.56 Å². The van der Waals surface area contributed by atoms with Crippen LogP contribution in [-0.2, 0) is 13.0 Å². The van der Waals surface area contributed by atoms with Crippen molar-refractivity contribution in [2.45, 2.75) is 19.4 Å². The molecule has 3 heterocycles. The maximum Gasteiger partial charge on any atom is 0.266 e. The Morgan fingerprint density at radius 2 is 2.35 bits per heavy atom. The van der Waals surface area contributed by atoms with Gasteiger partial charge in [-0.05, 0) is 34.3 Å². The minimum atomic E-state index is -0.157. The van der Waals surface area contributed by atoms with Crippen molar-refractivity contribution in [2.24, 2.45) is 0 Å². The van der Waals surface area contributed by atoms with Crippen LogP contribution in [0.25, 0.3) is 10.1 Å². The molecule has 2 N–H and O–H groups in total. The van der Waals surface area contributed by atoms with Crippen LogP contribution in [0.15, 0.2) is 8.58 Å². The zero-order valence-electron chi connectivity index (χ0n) is 8.88. The highest BCUT2D eigenvalue weighted by Crippen LogP contribution is 2.43. The lowest BCUT2D eigenvalue weighted by Crippen LogP contribution is -2.11. The van der Waals surface area contributed by atoms with E-state index in [1.165, 1.54) is 11.3 Å². The van der Waals surface area contributed by atoms with Gasteiger partial charge in [-0.15, -0.1) is 11.3 Å². The van der Waals surface area contributed by atoms with Crippen molar-refractivity contribution in [2.75, 3.05) is 6.61 Å². The van der Waals surface area contributed by atoms with E-state index in [9.17, 15) is 9.90 Å². The molecule has 0 aliphatic carbocycles. The molecule has 1 aliphatic heterocycles. The number of hydrogen-bond donors (Lipinski definition) is 2. The van der Waals surface area contributed by atoms with E-state index in [1.54, 1.807) is 0 Å². The van der Waals surface area contributed by atoms with Crippen molar-refractivity contribution >= 4 is 37.4 Å². The molecule has 0 spiro atoms. The van der Waals surface area contributed by atoms with Gasteiger partial charge in [-0.25, -0.2) is 0 Å². The van der Waals surface area contributed by atoms with Crippen LogP contribution in [0.5, 0.6) is 5.75 Å². The van der Waals surface area contributed by atoms with Gasteiger partial charge < -0.3 is 14.8 Å². The van der Waals surface area contributed by atoms with Crippen LogP contribution in [0.4, 0.5) is 0 Å². The molecular weight excluding hydrogens is 306 g/mol. The molecule has 2 aromatic rings. The van der Waals surface area contributed by atoms with Gasteiger partial charge in [0, 0.05) is 11.1 Å². The normalized spacial score (nSPS) is 14.7. The van der Waals surface area contributed by atoms with Crippen LogP contribution < -0.4 is 10.3 Å². The van der Waals surface area contributed by atoms with E-state index in [-0.39, 0.29) is 12.2 Å². The van der Waals surface area contributed by atoms with Crippen molar-refractivity contribution in [3.05, 3.63) is 25.4 Å². The molecule has 2 aromatic heterocycles. The molecule has 0 unspecified atom stereocenters. The number of aryl methyl sites for hydroxylation is 1. The van der Waals surface area contributed by atoms with E-state index in [0.717, 1.165) is 33.3 Å². The molecule has 0 atom stereocenters. The van der Waals surface area contributed by atoms with Gasteiger partial charge in [0.05, 0.1) is 13.2 Å². The standard InChI is InChI=1S/C11H10BrNO3S/c12-10-8-7-5(2-1-3-16-8)6(4-14)13-11(15)9(7)17-10/h14H,1-4H2,(H,13,15). The van der Waals surface area contributed by atoms with Gasteiger partial charge in [-0.1, -0.05) is 0 Å². The lowest BCUT2D eigenvalue weighted by Gasteiger charge is -2.06. The first kappa shape index (κ1) is 11.3. The number of thiophene rings is 1. The van der Waals surface area contributed by atoms with Crippen LogP contribution >= 0.6 is 27.3 Å². The molecule has 0 aromatic carbocycles. The van der Waals surface area contributed by atoms with E-state index in [0.29, 0.717) is 17.0 Å². The highest BCUT2D eigenvalue weighted by atomic mass is 79.9. The largest absolute Gasteiger partial charge is 0.491 e. The Balaban J connectivity index is 2.49. The monoisotopic (exact) mass is 315 g/mol. The van der Waals surface area contributed by atoms with Gasteiger partial charge in [0.1, 0.15) is 8.49 Å². The minimum absolute atomic E-state index is 0.145. The highest BCUT2D eigenvalue weighted by Gasteiger charge is 2.22. The Morgan fingerprint density at radius 3 is 3.12 bits per heavy atom. The van der Waals surface area contributed by atoms with E-state index in [4.69, 9.17) is 4.74 Å². The molecule has 0 bridgehead atoms. The Hall–Kier alpha value is -0.850. The Bertz CT molecular complexity index is 646. The molecule has 0 saturated carbocycles. The second kappa shape index (κ2) is 4.12. The zero-order valence-corrected chi connectivity index (χ0v) is 11.3. The fourth-order valence-corrected chi connectivity index (χ4v) is 3.90. The topological polar surface area (TPSA) is 62.3 Å². The Kier molecular flexibility index (Phi) is 2.72. The van der Waals surface area contributed by atoms with Crippen LogP contribution in [0.1, 0.15) is 17.7 Å². The number of aliphatic hydroxyl groups excluding tert-OH is 1. The molecule has 90 valence electrons. The fraction of sp³-hybridized carbons (Fsp3) is 0.364. The Morgan fingerprint density at radius 1 is 1.53 bits per heavy atom. The quantitative estimate of drug-likeness (QED) is 0.847. The van der Waals surface area contributed by atoms with Crippen molar-refractivity contribution in [1.82, 2.24) is 4.98 Å². The number of halogens is 1. The smallest absolute Gasteiger partial charge is 0.266 e. The second-order valence-corrected chi connectivity index (χ2v) is 6.27. The number of pyridine rings is 1. The molecule has 0 fully saturated rings. The number of aliphatic hydroxyl groups is 1. The second-order valence-electron chi connectivity index (χ2n) is 3.93. The number of aromatic nitrogens is 1. The van der Waals surface area contributed by atoms with Gasteiger partial charge in [0.2, 0.25) is 0 Å². The third kappa shape index (κ3) is 1.63. The van der Waals surface area contributed by atoms with Crippen LogP contribution in [0.3, 0.4) is 0 Å². The third-order valence-electron chi connectivity index (χ3n) is 2.94. The average molecular weight is 316 g/mol. The first-order valence-electron chi connectivity index (χ1n) is 5.32. The number of hydrogen-bond acceptors (Lipinski definition) is 4. The van der Waals surface area contributed by atoms with E-state index in [1.807, 2.05) is 0 Å². The minimum Gasteiger partial charge on any atom is -0.491 e. The first-order valence-corrected chi connectivity index (χ1v) is 6.93. The van der Waals surface area contributed by atoms with Crippen LogP contribution in [-0.4, -0.2) is 16.7 Å². The van der Waals surface area contributed by atoms with Crippen LogP contribution in [0, 0.1) is 0 Å². The maximum atomic E-state index is 11.9. The van der Waals surface area contributed by atoms with Crippen LogP contribution in [0.2, 0.25) is 0 Å². The number of H-pyrrole nitrogens is 1. The predicted octanol–water partition coefficient (Wildman–Crippen LogP) is 2.17. The first-order chi connectivity index (χ1) is 8.22. The number of rotatable bonds is 1. The van der Waals surface area contributed by atoms with Crippen molar-refractivity contribution in [3.63, 3.8) is 0 Å². The van der Waals surface area contributed by atoms with Gasteiger partial charge in [0.15, 0.2) is 5.75 Å². The molecule has 3 rings (SSSR count). The molecule has 0 amide bonds. The van der Waals surface area contributed by atoms with Crippen molar-refractivity contribution < 1.29 is 9.84 Å². The van der Waals surface area contributed by atoms with Gasteiger partial charge >= 0.3 is 0 Å². The molecule has 0 radical (unpaired) electrons. The summed E-state index contributed by atoms with van der Waals surface area (Å²) in [5.41, 5.74) is 1.46. The van der Waals surface area contributed by atoms with Crippen molar-refractivity contribution in [1.29, 1.82) is 0 Å². The SMILES string of the molecule is O=c1[nH]c(CO)c2c3c(c(Br)sc13)OCCC2. The summed E-state index contributed by atoms with van der Waals surface area (Å²) in [5.74, 6) is 0.748. The molecule has 1 aliphatic rings. The summed E-state index contributed by atoms with van der Waals surface area (Å²) in [6.07, 6.45) is 1.71. The molecule has 6 heteroatoms.